The highest BCUT2D eigenvalue weighted by atomic mass is 17.1. The third-order valence-corrected chi connectivity index (χ3v) is 1.84. The van der Waals surface area contributed by atoms with Crippen LogP contribution in [0.5, 0.6) is 0 Å². The van der Waals surface area contributed by atoms with E-state index in [9.17, 15) is 4.79 Å². The quantitative estimate of drug-likeness (QED) is 0.395. The number of hydrogen-bond donors (Lipinski definition) is 1. The van der Waals surface area contributed by atoms with Gasteiger partial charge in [-0.1, -0.05) is 0 Å². The summed E-state index contributed by atoms with van der Waals surface area (Å²) in [6, 6.07) is 0. The van der Waals surface area contributed by atoms with Crippen molar-refractivity contribution in [3.63, 3.8) is 0 Å². The van der Waals surface area contributed by atoms with E-state index in [1.165, 1.54) is 4.90 Å². The Morgan fingerprint density at radius 3 is 2.36 bits per heavy atom. The maximum absolute atomic E-state index is 10.7. The average molecular weight is 160 g/mol. The van der Waals surface area contributed by atoms with Gasteiger partial charge in [0.1, 0.15) is 0 Å². The smallest absolute Gasteiger partial charge is 0.303 e. The first-order chi connectivity index (χ1) is 5.24. The topological polar surface area (TPSA) is 53.0 Å². The molecule has 1 aliphatic rings. The summed E-state index contributed by atoms with van der Waals surface area (Å²) in [7, 11) is 1.99. The molecule has 0 saturated carbocycles. The fraction of sp³-hybridized carbons (Fsp3) is 0.833. The molecule has 0 spiro atoms. The number of nitrogens with zero attached hydrogens (tertiary/aromatic N) is 2. The number of rotatable bonds is 0. The molecule has 0 radical (unpaired) electrons. The minimum Gasteiger partial charge on any atom is -0.303 e. The lowest BCUT2D eigenvalue weighted by atomic mass is 10.3. The molecule has 0 unspecified atom stereocenters. The molecule has 0 aromatic rings. The van der Waals surface area contributed by atoms with E-state index in [2.05, 4.69) is 9.79 Å². The van der Waals surface area contributed by atoms with Gasteiger partial charge in [-0.15, -0.1) is 0 Å². The highest BCUT2D eigenvalue weighted by Gasteiger charge is 2.19. The van der Waals surface area contributed by atoms with Gasteiger partial charge in [-0.2, -0.15) is 5.26 Å². The van der Waals surface area contributed by atoms with Crippen LogP contribution >= 0.6 is 0 Å². The van der Waals surface area contributed by atoms with Crippen LogP contribution < -0.4 is 0 Å². The van der Waals surface area contributed by atoms with Crippen LogP contribution in [0.15, 0.2) is 0 Å². The third-order valence-electron chi connectivity index (χ3n) is 1.84. The standard InChI is InChI=1S/C6H12N2O3/c1-7-2-4-8(5-3-7)6(9)11-10/h10H,2-5H2,1H3. The van der Waals surface area contributed by atoms with E-state index >= 15 is 0 Å². The van der Waals surface area contributed by atoms with Crippen LogP contribution in [0, 0.1) is 0 Å². The molecule has 1 heterocycles. The lowest BCUT2D eigenvalue weighted by molar-refractivity contribution is -0.189. The first kappa shape index (κ1) is 8.29. The van der Waals surface area contributed by atoms with E-state index in [0.29, 0.717) is 13.1 Å². The molecule has 5 nitrogen and oxygen atoms in total. The summed E-state index contributed by atoms with van der Waals surface area (Å²) in [6.45, 7) is 2.90. The van der Waals surface area contributed by atoms with Gasteiger partial charge < -0.3 is 9.80 Å². The fourth-order valence-corrected chi connectivity index (χ4v) is 1.05. The molecule has 1 amide bonds. The fourth-order valence-electron chi connectivity index (χ4n) is 1.05. The second kappa shape index (κ2) is 3.54. The molecule has 64 valence electrons. The zero-order chi connectivity index (χ0) is 8.27. The van der Waals surface area contributed by atoms with Crippen molar-refractivity contribution in [2.75, 3.05) is 33.2 Å². The van der Waals surface area contributed by atoms with Crippen LogP contribution in [0.1, 0.15) is 0 Å². The molecule has 0 aromatic heterocycles. The molecule has 1 fully saturated rings. The van der Waals surface area contributed by atoms with Crippen molar-refractivity contribution in [1.82, 2.24) is 9.80 Å². The van der Waals surface area contributed by atoms with Gasteiger partial charge in [-0.05, 0) is 7.05 Å². The molecular formula is C6H12N2O3. The number of likely N-dealkylation sites (N-methyl/N-ethyl adjacent to an activating group) is 1. The van der Waals surface area contributed by atoms with Crippen LogP contribution in [-0.4, -0.2) is 54.4 Å². The number of amides is 1. The van der Waals surface area contributed by atoms with Gasteiger partial charge >= 0.3 is 6.09 Å². The minimum atomic E-state index is -0.655. The zero-order valence-corrected chi connectivity index (χ0v) is 6.49. The number of carbonyl (C=O) groups is 1. The van der Waals surface area contributed by atoms with Crippen molar-refractivity contribution in [1.29, 1.82) is 0 Å². The Labute approximate surface area is 65.1 Å². The predicted octanol–water partition coefficient (Wildman–Crippen LogP) is -0.157. The molecule has 11 heavy (non-hydrogen) atoms. The zero-order valence-electron chi connectivity index (χ0n) is 6.49. The average Bonchev–Trinajstić information content (AvgIpc) is 2.05. The Balaban J connectivity index is 2.33. The lowest BCUT2D eigenvalue weighted by Crippen LogP contribution is -2.47. The van der Waals surface area contributed by atoms with E-state index in [4.69, 9.17) is 5.26 Å². The monoisotopic (exact) mass is 160 g/mol. The van der Waals surface area contributed by atoms with Gasteiger partial charge in [0.05, 0.1) is 0 Å². The Kier molecular flexibility index (Phi) is 2.67. The van der Waals surface area contributed by atoms with Gasteiger partial charge in [0.15, 0.2) is 0 Å². The maximum atomic E-state index is 10.7. The van der Waals surface area contributed by atoms with Gasteiger partial charge in [0.25, 0.3) is 0 Å². The van der Waals surface area contributed by atoms with E-state index in [1.54, 1.807) is 0 Å². The number of piperazine rings is 1. The Bertz CT molecular complexity index is 143. The molecule has 0 bridgehead atoms. The van der Waals surface area contributed by atoms with Crippen molar-refractivity contribution in [3.05, 3.63) is 0 Å². The van der Waals surface area contributed by atoms with Crippen LogP contribution in [0.25, 0.3) is 0 Å². The van der Waals surface area contributed by atoms with Crippen LogP contribution in [0.2, 0.25) is 0 Å². The van der Waals surface area contributed by atoms with E-state index in [0.717, 1.165) is 13.1 Å². The summed E-state index contributed by atoms with van der Waals surface area (Å²) >= 11 is 0. The lowest BCUT2D eigenvalue weighted by Gasteiger charge is -2.30. The summed E-state index contributed by atoms with van der Waals surface area (Å²) in [5.74, 6) is 0. The van der Waals surface area contributed by atoms with Gasteiger partial charge in [-0.25, -0.2) is 4.79 Å². The highest BCUT2D eigenvalue weighted by molar-refractivity contribution is 5.66. The molecule has 0 atom stereocenters. The summed E-state index contributed by atoms with van der Waals surface area (Å²) in [6.07, 6.45) is -0.655. The van der Waals surface area contributed by atoms with Crippen molar-refractivity contribution < 1.29 is 14.9 Å². The number of carbonyl (C=O) groups excluding carboxylic acids is 1. The van der Waals surface area contributed by atoms with Crippen molar-refractivity contribution in [3.8, 4) is 0 Å². The molecule has 1 aliphatic heterocycles. The van der Waals surface area contributed by atoms with E-state index < -0.39 is 6.09 Å². The minimum absolute atomic E-state index is 0.621. The van der Waals surface area contributed by atoms with Crippen LogP contribution in [0.3, 0.4) is 0 Å². The molecule has 1 rings (SSSR count). The van der Waals surface area contributed by atoms with Crippen molar-refractivity contribution in [2.24, 2.45) is 0 Å². The molecular weight excluding hydrogens is 148 g/mol. The van der Waals surface area contributed by atoms with Gasteiger partial charge in [0.2, 0.25) is 0 Å². The van der Waals surface area contributed by atoms with Crippen molar-refractivity contribution >= 4 is 6.09 Å². The molecule has 1 saturated heterocycles. The molecule has 1 N–H and O–H groups in total. The van der Waals surface area contributed by atoms with Crippen LogP contribution in [0.4, 0.5) is 4.79 Å². The first-order valence-corrected chi connectivity index (χ1v) is 3.53. The van der Waals surface area contributed by atoms with E-state index in [1.807, 2.05) is 7.05 Å². The van der Waals surface area contributed by atoms with Gasteiger partial charge in [-0.3, -0.25) is 4.89 Å². The maximum Gasteiger partial charge on any atom is 0.441 e. The SMILES string of the molecule is CN1CCN(C(=O)OO)CC1. The number of hydrogen-bond acceptors (Lipinski definition) is 4. The highest BCUT2D eigenvalue weighted by Crippen LogP contribution is 1.99. The second-order valence-corrected chi connectivity index (χ2v) is 2.65. The first-order valence-electron chi connectivity index (χ1n) is 3.53. The Morgan fingerprint density at radius 2 is 1.91 bits per heavy atom. The predicted molar refractivity (Wildman–Crippen MR) is 38.2 cm³/mol. The Morgan fingerprint density at radius 1 is 1.36 bits per heavy atom. The summed E-state index contributed by atoms with van der Waals surface area (Å²) < 4.78 is 0. The normalized spacial score (nSPS) is 20.0. The van der Waals surface area contributed by atoms with E-state index in [-0.39, 0.29) is 0 Å². The summed E-state index contributed by atoms with van der Waals surface area (Å²) in [5.41, 5.74) is 0. The van der Waals surface area contributed by atoms with Crippen molar-refractivity contribution in [2.45, 2.75) is 0 Å². The second-order valence-electron chi connectivity index (χ2n) is 2.65. The van der Waals surface area contributed by atoms with Gasteiger partial charge in [0, 0.05) is 26.2 Å². The molecule has 0 aliphatic carbocycles. The molecule has 5 heteroatoms. The largest absolute Gasteiger partial charge is 0.441 e. The molecule has 0 aromatic carbocycles. The Hall–Kier alpha value is -0.810. The summed E-state index contributed by atoms with van der Waals surface area (Å²) in [4.78, 5) is 17.9. The van der Waals surface area contributed by atoms with Crippen LogP contribution in [-0.2, 0) is 4.89 Å². The third kappa shape index (κ3) is 2.06. The summed E-state index contributed by atoms with van der Waals surface area (Å²) in [5, 5.41) is 8.05.